The van der Waals surface area contributed by atoms with Crippen LogP contribution in [0.1, 0.15) is 16.1 Å². The third kappa shape index (κ3) is 4.67. The summed E-state index contributed by atoms with van der Waals surface area (Å²) in [5.41, 5.74) is 2.20. The lowest BCUT2D eigenvalue weighted by Gasteiger charge is -2.05. The van der Waals surface area contributed by atoms with E-state index in [1.807, 2.05) is 6.07 Å². The summed E-state index contributed by atoms with van der Waals surface area (Å²) >= 11 is 1.25. The van der Waals surface area contributed by atoms with Gasteiger partial charge in [-0.25, -0.2) is 9.78 Å². The number of amides is 2. The van der Waals surface area contributed by atoms with Crippen LogP contribution in [0.3, 0.4) is 0 Å². The fourth-order valence-corrected chi connectivity index (χ4v) is 3.38. The molecule has 4 rings (SSSR count). The lowest BCUT2D eigenvalue weighted by molar-refractivity contribution is -0.115. The molecule has 0 aliphatic rings. The Morgan fingerprint density at radius 2 is 1.90 bits per heavy atom. The number of H-pyrrole nitrogens is 1. The topological polar surface area (TPSA) is 130 Å². The highest BCUT2D eigenvalue weighted by atomic mass is 32.1. The van der Waals surface area contributed by atoms with Gasteiger partial charge >= 0.3 is 5.76 Å². The Morgan fingerprint density at radius 3 is 2.67 bits per heavy atom. The van der Waals surface area contributed by atoms with Crippen molar-refractivity contribution in [1.29, 1.82) is 0 Å². The number of hydrogen-bond donors (Lipinski definition) is 3. The SMILES string of the molecule is O=C(Cc1csc(NC(=O)c2ccccc2)n1)Nc1cccc(-c2noc(=O)[nH]2)c1. The van der Waals surface area contributed by atoms with Gasteiger partial charge in [0.2, 0.25) is 5.91 Å². The van der Waals surface area contributed by atoms with Crippen LogP contribution in [0, 0.1) is 0 Å². The fourth-order valence-electron chi connectivity index (χ4n) is 2.67. The molecular formula is C20H15N5O4S. The molecule has 2 aromatic heterocycles. The van der Waals surface area contributed by atoms with Crippen LogP contribution in [0.25, 0.3) is 11.4 Å². The summed E-state index contributed by atoms with van der Waals surface area (Å²) in [6.07, 6.45) is 0.0444. The number of carbonyl (C=O) groups is 2. The first kappa shape index (κ1) is 19.3. The van der Waals surface area contributed by atoms with Crippen LogP contribution in [0.2, 0.25) is 0 Å². The van der Waals surface area contributed by atoms with Crippen molar-refractivity contribution in [2.24, 2.45) is 0 Å². The number of aromatic nitrogens is 3. The third-order valence-electron chi connectivity index (χ3n) is 4.01. The molecule has 0 unspecified atom stereocenters. The second kappa shape index (κ2) is 8.53. The van der Waals surface area contributed by atoms with Crippen molar-refractivity contribution in [3.8, 4) is 11.4 Å². The van der Waals surface area contributed by atoms with Crippen molar-refractivity contribution in [2.75, 3.05) is 10.6 Å². The maximum Gasteiger partial charge on any atom is 0.439 e. The molecule has 0 atom stereocenters. The van der Waals surface area contributed by atoms with Gasteiger partial charge in [0.15, 0.2) is 11.0 Å². The average molecular weight is 421 g/mol. The molecule has 3 N–H and O–H groups in total. The van der Waals surface area contributed by atoms with Gasteiger partial charge in [0, 0.05) is 22.2 Å². The van der Waals surface area contributed by atoms with Crippen molar-refractivity contribution in [2.45, 2.75) is 6.42 Å². The summed E-state index contributed by atoms with van der Waals surface area (Å²) in [5.74, 6) is -0.914. The zero-order valence-electron chi connectivity index (χ0n) is 15.4. The van der Waals surface area contributed by atoms with Gasteiger partial charge in [-0.3, -0.25) is 24.4 Å². The van der Waals surface area contributed by atoms with E-state index in [0.717, 1.165) is 0 Å². The number of nitrogens with one attached hydrogen (secondary N) is 3. The van der Waals surface area contributed by atoms with Crippen LogP contribution >= 0.6 is 11.3 Å². The molecule has 0 radical (unpaired) electrons. The maximum absolute atomic E-state index is 12.4. The molecule has 0 bridgehead atoms. The van der Waals surface area contributed by atoms with Crippen LogP contribution in [-0.2, 0) is 11.2 Å². The van der Waals surface area contributed by atoms with E-state index in [-0.39, 0.29) is 24.1 Å². The van der Waals surface area contributed by atoms with Gasteiger partial charge in [-0.2, -0.15) is 0 Å². The van der Waals surface area contributed by atoms with E-state index >= 15 is 0 Å². The predicted molar refractivity (Wildman–Crippen MR) is 111 cm³/mol. The standard InChI is InChI=1S/C20H15N5O4S/c26-16(21-14-8-4-7-13(9-14)17-23-20(28)29-25-17)10-15-11-30-19(22-15)24-18(27)12-5-2-1-3-6-12/h1-9,11H,10H2,(H,21,26)(H,22,24,27)(H,23,25,28). The Hall–Kier alpha value is -4.05. The molecule has 0 aliphatic heterocycles. The normalized spacial score (nSPS) is 10.5. The minimum absolute atomic E-state index is 0.0444. The Kier molecular flexibility index (Phi) is 5.48. The first-order chi connectivity index (χ1) is 14.6. The lowest BCUT2D eigenvalue weighted by atomic mass is 10.2. The molecule has 0 saturated heterocycles. The first-order valence-electron chi connectivity index (χ1n) is 8.84. The van der Waals surface area contributed by atoms with Gasteiger partial charge in [-0.15, -0.1) is 11.3 Å². The summed E-state index contributed by atoms with van der Waals surface area (Å²) in [6.45, 7) is 0. The van der Waals surface area contributed by atoms with Gasteiger partial charge in [0.1, 0.15) is 0 Å². The third-order valence-corrected chi connectivity index (χ3v) is 4.82. The number of rotatable bonds is 6. The van der Waals surface area contributed by atoms with Crippen molar-refractivity contribution in [3.63, 3.8) is 0 Å². The molecule has 0 spiro atoms. The van der Waals surface area contributed by atoms with Gasteiger partial charge in [0.25, 0.3) is 5.91 Å². The smallest absolute Gasteiger partial charge is 0.326 e. The minimum Gasteiger partial charge on any atom is -0.326 e. The van der Waals surface area contributed by atoms with Crippen molar-refractivity contribution in [3.05, 3.63) is 81.8 Å². The van der Waals surface area contributed by atoms with Crippen LogP contribution in [0.5, 0.6) is 0 Å². The van der Waals surface area contributed by atoms with E-state index in [1.54, 1.807) is 53.9 Å². The zero-order chi connectivity index (χ0) is 20.9. The largest absolute Gasteiger partial charge is 0.439 e. The second-order valence-corrected chi connectivity index (χ2v) is 7.07. The Balaban J connectivity index is 1.37. The minimum atomic E-state index is -0.655. The van der Waals surface area contributed by atoms with Gasteiger partial charge in [-0.05, 0) is 24.3 Å². The molecule has 0 saturated carbocycles. The molecule has 0 aliphatic carbocycles. The van der Waals surface area contributed by atoms with Crippen LogP contribution in [-0.4, -0.2) is 26.9 Å². The van der Waals surface area contributed by atoms with Crippen molar-refractivity contribution >= 4 is 34.0 Å². The summed E-state index contributed by atoms with van der Waals surface area (Å²) in [4.78, 5) is 42.4. The van der Waals surface area contributed by atoms with Crippen LogP contribution in [0.15, 0.2) is 69.3 Å². The highest BCUT2D eigenvalue weighted by molar-refractivity contribution is 7.14. The van der Waals surface area contributed by atoms with Gasteiger partial charge in [-0.1, -0.05) is 35.5 Å². The zero-order valence-corrected chi connectivity index (χ0v) is 16.2. The fraction of sp³-hybridized carbons (Fsp3) is 0.0500. The molecule has 9 nitrogen and oxygen atoms in total. The first-order valence-corrected chi connectivity index (χ1v) is 9.72. The summed E-state index contributed by atoms with van der Waals surface area (Å²) in [7, 11) is 0. The highest BCUT2D eigenvalue weighted by Gasteiger charge is 2.12. The molecule has 2 heterocycles. The Morgan fingerprint density at radius 1 is 1.07 bits per heavy atom. The van der Waals surface area contributed by atoms with Gasteiger partial charge < -0.3 is 5.32 Å². The van der Waals surface area contributed by atoms with E-state index in [0.29, 0.717) is 27.6 Å². The van der Waals surface area contributed by atoms with E-state index in [9.17, 15) is 14.4 Å². The predicted octanol–water partition coefficient (Wildman–Crippen LogP) is 2.92. The quantitative estimate of drug-likeness (QED) is 0.439. The maximum atomic E-state index is 12.4. The van der Waals surface area contributed by atoms with Gasteiger partial charge in [0.05, 0.1) is 12.1 Å². The molecule has 150 valence electrons. The molecule has 2 aromatic carbocycles. The molecule has 4 aromatic rings. The lowest BCUT2D eigenvalue weighted by Crippen LogP contribution is -2.15. The van der Waals surface area contributed by atoms with Crippen molar-refractivity contribution < 1.29 is 14.1 Å². The summed E-state index contributed by atoms with van der Waals surface area (Å²) < 4.78 is 4.49. The summed E-state index contributed by atoms with van der Waals surface area (Å²) in [5, 5.41) is 11.3. The molecule has 10 heteroatoms. The number of benzene rings is 2. The van der Waals surface area contributed by atoms with E-state index < -0.39 is 5.76 Å². The van der Waals surface area contributed by atoms with E-state index in [2.05, 4.69) is 30.3 Å². The monoisotopic (exact) mass is 421 g/mol. The van der Waals surface area contributed by atoms with E-state index in [1.165, 1.54) is 11.3 Å². The molecule has 30 heavy (non-hydrogen) atoms. The van der Waals surface area contributed by atoms with Crippen molar-refractivity contribution in [1.82, 2.24) is 15.1 Å². The molecular weight excluding hydrogens is 406 g/mol. The number of thiazole rings is 1. The van der Waals surface area contributed by atoms with E-state index in [4.69, 9.17) is 0 Å². The highest BCUT2D eigenvalue weighted by Crippen LogP contribution is 2.20. The number of hydrogen-bond acceptors (Lipinski definition) is 7. The molecule has 2 amide bonds. The van der Waals surface area contributed by atoms with Crippen LogP contribution < -0.4 is 16.4 Å². The average Bonchev–Trinajstić information content (AvgIpc) is 3.37. The number of nitrogens with zero attached hydrogens (tertiary/aromatic N) is 2. The van der Waals surface area contributed by atoms with Crippen LogP contribution in [0.4, 0.5) is 10.8 Å². The number of anilines is 2. The number of carbonyl (C=O) groups excluding carboxylic acids is 2. The Bertz CT molecular complexity index is 1250. The second-order valence-electron chi connectivity index (χ2n) is 6.21. The Labute approximate surface area is 173 Å². The number of aromatic amines is 1. The summed E-state index contributed by atoms with van der Waals surface area (Å²) in [6, 6.07) is 15.6. The molecule has 0 fully saturated rings.